The van der Waals surface area contributed by atoms with E-state index in [9.17, 15) is 4.79 Å². The number of carboxylic acid groups (broad SMARTS) is 1. The summed E-state index contributed by atoms with van der Waals surface area (Å²) in [6, 6.07) is 5.37. The highest BCUT2D eigenvalue weighted by Gasteiger charge is 2.16. The molecule has 0 fully saturated rings. The number of carboxylic acids is 1. The Hall–Kier alpha value is -3.22. The molecule has 1 aromatic carbocycles. The second kappa shape index (κ2) is 4.96. The Morgan fingerprint density at radius 2 is 2.14 bits per heavy atom. The van der Waals surface area contributed by atoms with Crippen LogP contribution in [-0.2, 0) is 0 Å². The van der Waals surface area contributed by atoms with Gasteiger partial charge in [-0.2, -0.15) is 0 Å². The number of aromatic amines is 1. The van der Waals surface area contributed by atoms with Crippen LogP contribution in [0.15, 0.2) is 30.6 Å². The minimum absolute atomic E-state index is 0.0222. The molecule has 0 spiro atoms. The fourth-order valence-corrected chi connectivity index (χ4v) is 2.22. The fraction of sp³-hybridized carbons (Fsp3) is 0.0667. The van der Waals surface area contributed by atoms with Crippen molar-refractivity contribution in [2.75, 3.05) is 5.73 Å². The Balaban J connectivity index is 2.11. The number of aromatic nitrogens is 3. The largest absolute Gasteiger partial charge is 0.478 e. The Morgan fingerprint density at radius 3 is 2.82 bits per heavy atom. The highest BCUT2D eigenvalue weighted by atomic mass is 16.4. The summed E-state index contributed by atoms with van der Waals surface area (Å²) in [5.41, 5.74) is 8.92. The van der Waals surface area contributed by atoms with E-state index in [1.54, 1.807) is 12.1 Å². The number of rotatable bonds is 3. The van der Waals surface area contributed by atoms with E-state index >= 15 is 0 Å². The van der Waals surface area contributed by atoms with Gasteiger partial charge in [-0.1, -0.05) is 12.1 Å². The molecule has 2 aromatic heterocycles. The van der Waals surface area contributed by atoms with Crippen LogP contribution in [0.4, 0.5) is 5.69 Å². The summed E-state index contributed by atoms with van der Waals surface area (Å²) in [7, 11) is 0. The summed E-state index contributed by atoms with van der Waals surface area (Å²) >= 11 is 0. The van der Waals surface area contributed by atoms with E-state index in [1.807, 2.05) is 13.0 Å². The predicted octanol–water partition coefficient (Wildman–Crippen LogP) is 1.96. The summed E-state index contributed by atoms with van der Waals surface area (Å²) in [6.07, 6.45) is 2.76. The molecule has 3 rings (SSSR count). The number of aromatic carboxylic acids is 1. The van der Waals surface area contributed by atoms with Gasteiger partial charge in [0.05, 0.1) is 11.9 Å². The van der Waals surface area contributed by atoms with Crippen molar-refractivity contribution < 1.29 is 9.90 Å². The zero-order valence-electron chi connectivity index (χ0n) is 11.7. The number of nitrogens with one attached hydrogen (secondary N) is 2. The molecular weight excluding hydrogens is 282 g/mol. The minimum Gasteiger partial charge on any atom is -0.478 e. The predicted molar refractivity (Wildman–Crippen MR) is 82.4 cm³/mol. The Kier molecular flexibility index (Phi) is 3.10. The first-order valence-corrected chi connectivity index (χ1v) is 6.50. The summed E-state index contributed by atoms with van der Waals surface area (Å²) in [5, 5.41) is 17.4. The van der Waals surface area contributed by atoms with E-state index in [1.165, 1.54) is 12.4 Å². The summed E-state index contributed by atoms with van der Waals surface area (Å²) in [5.74, 6) is -1.10. The number of anilines is 1. The molecule has 0 aliphatic rings. The number of nitrogens with zero attached hydrogens (tertiary/aromatic N) is 2. The van der Waals surface area contributed by atoms with E-state index in [2.05, 4.69) is 15.0 Å². The fourth-order valence-electron chi connectivity index (χ4n) is 2.22. The summed E-state index contributed by atoms with van der Waals surface area (Å²) in [4.78, 5) is 22.3. The van der Waals surface area contributed by atoms with E-state index in [0.29, 0.717) is 16.9 Å². The monoisotopic (exact) mass is 295 g/mol. The molecule has 22 heavy (non-hydrogen) atoms. The lowest BCUT2D eigenvalue weighted by Gasteiger charge is -2.08. The quantitative estimate of drug-likeness (QED) is 0.433. The molecule has 0 amide bonds. The maximum atomic E-state index is 11.2. The van der Waals surface area contributed by atoms with E-state index in [4.69, 9.17) is 16.2 Å². The first-order chi connectivity index (χ1) is 10.5. The Labute approximate surface area is 125 Å². The minimum atomic E-state index is -1.10. The van der Waals surface area contributed by atoms with Crippen LogP contribution in [0.1, 0.15) is 27.2 Å². The SMILES string of the molecule is Cc1ccc(C(=N)c2cnc3[nH]cc(C(=O)O)c3n2)c(N)c1. The first-order valence-electron chi connectivity index (χ1n) is 6.50. The molecule has 0 unspecified atom stereocenters. The first kappa shape index (κ1) is 13.7. The van der Waals surface area contributed by atoms with Gasteiger partial charge in [0.25, 0.3) is 0 Å². The highest BCUT2D eigenvalue weighted by molar-refractivity contribution is 6.13. The van der Waals surface area contributed by atoms with Crippen LogP contribution in [0.3, 0.4) is 0 Å². The van der Waals surface area contributed by atoms with Gasteiger partial charge >= 0.3 is 5.97 Å². The van der Waals surface area contributed by atoms with Gasteiger partial charge in [-0.15, -0.1) is 0 Å². The van der Waals surface area contributed by atoms with E-state index in [-0.39, 0.29) is 22.5 Å². The zero-order valence-corrected chi connectivity index (χ0v) is 11.7. The van der Waals surface area contributed by atoms with Gasteiger partial charge in [-0.05, 0) is 18.6 Å². The molecule has 5 N–H and O–H groups in total. The third-order valence-electron chi connectivity index (χ3n) is 3.34. The second-order valence-electron chi connectivity index (χ2n) is 4.93. The normalized spacial score (nSPS) is 10.8. The topological polar surface area (TPSA) is 129 Å². The van der Waals surface area contributed by atoms with Crippen molar-refractivity contribution >= 4 is 28.5 Å². The van der Waals surface area contributed by atoms with E-state index < -0.39 is 5.97 Å². The molecule has 0 bridgehead atoms. The van der Waals surface area contributed by atoms with Crippen molar-refractivity contribution in [2.24, 2.45) is 0 Å². The number of H-pyrrole nitrogens is 1. The number of nitrogens with two attached hydrogens (primary N) is 1. The standard InChI is InChI=1S/C15H13N5O2/c1-7-2-3-8(10(16)4-7)12(17)11-6-19-14-13(20-11)9(5-18-14)15(21)22/h2-6,17H,16H2,1H3,(H,18,19)(H,21,22). The lowest BCUT2D eigenvalue weighted by Crippen LogP contribution is -2.09. The number of nitrogen functional groups attached to an aromatic ring is 1. The van der Waals surface area contributed by atoms with Crippen LogP contribution in [-0.4, -0.2) is 31.7 Å². The Bertz CT molecular complexity index is 913. The maximum absolute atomic E-state index is 11.2. The highest BCUT2D eigenvalue weighted by Crippen LogP contribution is 2.19. The van der Waals surface area contributed by atoms with Gasteiger partial charge in [-0.3, -0.25) is 5.41 Å². The molecule has 0 saturated carbocycles. The molecule has 7 nitrogen and oxygen atoms in total. The molecule has 110 valence electrons. The van der Waals surface area contributed by atoms with Crippen molar-refractivity contribution in [3.05, 3.63) is 53.0 Å². The van der Waals surface area contributed by atoms with Crippen LogP contribution < -0.4 is 5.73 Å². The summed E-state index contributed by atoms with van der Waals surface area (Å²) in [6.45, 7) is 1.91. The zero-order chi connectivity index (χ0) is 15.9. The van der Waals surface area contributed by atoms with Crippen LogP contribution in [0.2, 0.25) is 0 Å². The average Bonchev–Trinajstić information content (AvgIpc) is 2.89. The third kappa shape index (κ3) is 2.18. The molecule has 0 atom stereocenters. The van der Waals surface area contributed by atoms with Gasteiger partial charge in [0.2, 0.25) is 0 Å². The van der Waals surface area contributed by atoms with Crippen molar-refractivity contribution in [1.29, 1.82) is 5.41 Å². The maximum Gasteiger partial charge on any atom is 0.339 e. The molecule has 0 aliphatic heterocycles. The lowest BCUT2D eigenvalue weighted by molar-refractivity contribution is 0.0699. The van der Waals surface area contributed by atoms with Crippen molar-refractivity contribution in [2.45, 2.75) is 6.92 Å². The molecule has 0 radical (unpaired) electrons. The van der Waals surface area contributed by atoms with E-state index in [0.717, 1.165) is 5.56 Å². The van der Waals surface area contributed by atoms with Crippen molar-refractivity contribution in [3.63, 3.8) is 0 Å². The number of fused-ring (bicyclic) bond motifs is 1. The van der Waals surface area contributed by atoms with Crippen LogP contribution in [0.5, 0.6) is 0 Å². The lowest BCUT2D eigenvalue weighted by atomic mass is 10.0. The van der Waals surface area contributed by atoms with Crippen LogP contribution in [0, 0.1) is 12.3 Å². The molecule has 0 saturated heterocycles. The number of hydrogen-bond acceptors (Lipinski definition) is 5. The van der Waals surface area contributed by atoms with Gasteiger partial charge in [0.1, 0.15) is 16.8 Å². The van der Waals surface area contributed by atoms with Gasteiger partial charge in [0.15, 0.2) is 5.65 Å². The van der Waals surface area contributed by atoms with Crippen LogP contribution in [0.25, 0.3) is 11.2 Å². The van der Waals surface area contributed by atoms with Crippen molar-refractivity contribution in [3.8, 4) is 0 Å². The number of aryl methyl sites for hydroxylation is 1. The third-order valence-corrected chi connectivity index (χ3v) is 3.34. The van der Waals surface area contributed by atoms with Gasteiger partial charge < -0.3 is 15.8 Å². The second-order valence-corrected chi connectivity index (χ2v) is 4.93. The van der Waals surface area contributed by atoms with Crippen LogP contribution >= 0.6 is 0 Å². The Morgan fingerprint density at radius 1 is 1.36 bits per heavy atom. The number of carbonyl (C=O) groups is 1. The van der Waals surface area contributed by atoms with Crippen molar-refractivity contribution in [1.82, 2.24) is 15.0 Å². The molecule has 2 heterocycles. The molecular formula is C15H13N5O2. The van der Waals surface area contributed by atoms with Gasteiger partial charge in [-0.25, -0.2) is 14.8 Å². The summed E-state index contributed by atoms with van der Waals surface area (Å²) < 4.78 is 0. The number of hydrogen-bond donors (Lipinski definition) is 4. The molecule has 0 aliphatic carbocycles. The molecule has 3 aromatic rings. The number of benzene rings is 1. The van der Waals surface area contributed by atoms with Gasteiger partial charge in [0, 0.05) is 17.4 Å². The average molecular weight is 295 g/mol. The molecule has 7 heteroatoms. The smallest absolute Gasteiger partial charge is 0.339 e.